The van der Waals surface area contributed by atoms with E-state index in [4.69, 9.17) is 19.4 Å². The SMILES string of the molecule is c1ccc(-c2ccc(-c3ccc(-c4ccc5oc6c(-c7nc(-c8ccccc8)nc(-c8ccccc8)n7)cccc6c5c4)cc3)cc2)cc1. The van der Waals surface area contributed by atoms with E-state index >= 15 is 0 Å². The standard InChI is InChI=1S/C45H29N3O/c1-4-11-30(12-5-1)31-19-21-32(22-20-31)33-23-25-34(26-24-33)37-27-28-41-40(29-37)38-17-10-18-39(42(38)49-41)45-47-43(35-13-6-2-7-14-35)46-44(48-45)36-15-8-3-9-16-36/h1-29H. The lowest BCUT2D eigenvalue weighted by atomic mass is 9.97. The van der Waals surface area contributed by atoms with Gasteiger partial charge in [0.05, 0.1) is 5.56 Å². The Hall–Kier alpha value is -6.65. The average Bonchev–Trinajstić information content (AvgIpc) is 3.57. The summed E-state index contributed by atoms with van der Waals surface area (Å²) in [6, 6.07) is 60.6. The minimum atomic E-state index is 0.574. The van der Waals surface area contributed by atoms with E-state index in [-0.39, 0.29) is 0 Å². The van der Waals surface area contributed by atoms with Crippen LogP contribution in [0.15, 0.2) is 180 Å². The molecule has 2 aromatic heterocycles. The van der Waals surface area contributed by atoms with Crippen molar-refractivity contribution in [1.82, 2.24) is 15.0 Å². The molecule has 49 heavy (non-hydrogen) atoms. The number of hydrogen-bond acceptors (Lipinski definition) is 4. The third-order valence-corrected chi connectivity index (χ3v) is 8.98. The predicted molar refractivity (Wildman–Crippen MR) is 200 cm³/mol. The molecule has 0 saturated heterocycles. The molecule has 0 aliphatic heterocycles. The minimum absolute atomic E-state index is 0.574. The predicted octanol–water partition coefficient (Wildman–Crippen LogP) is 11.8. The van der Waals surface area contributed by atoms with Crippen LogP contribution in [-0.4, -0.2) is 15.0 Å². The molecule has 0 aliphatic carbocycles. The smallest absolute Gasteiger partial charge is 0.167 e. The van der Waals surface area contributed by atoms with Crippen LogP contribution in [0.1, 0.15) is 0 Å². The number of para-hydroxylation sites is 1. The van der Waals surface area contributed by atoms with E-state index in [0.29, 0.717) is 17.5 Å². The highest BCUT2D eigenvalue weighted by molar-refractivity contribution is 6.10. The Labute approximate surface area is 284 Å². The van der Waals surface area contributed by atoms with Crippen LogP contribution in [0.4, 0.5) is 0 Å². The monoisotopic (exact) mass is 627 g/mol. The van der Waals surface area contributed by atoms with Gasteiger partial charge in [-0.3, -0.25) is 0 Å². The number of fused-ring (bicyclic) bond motifs is 3. The van der Waals surface area contributed by atoms with Gasteiger partial charge < -0.3 is 4.42 Å². The van der Waals surface area contributed by atoms with Crippen LogP contribution >= 0.6 is 0 Å². The van der Waals surface area contributed by atoms with Gasteiger partial charge in [-0.1, -0.05) is 158 Å². The van der Waals surface area contributed by atoms with Crippen LogP contribution in [0.25, 0.3) is 89.5 Å². The largest absolute Gasteiger partial charge is 0.455 e. The van der Waals surface area contributed by atoms with E-state index in [1.807, 2.05) is 78.9 Å². The van der Waals surface area contributed by atoms with Crippen LogP contribution in [0.3, 0.4) is 0 Å². The number of furan rings is 1. The second kappa shape index (κ2) is 12.2. The Balaban J connectivity index is 1.08. The van der Waals surface area contributed by atoms with Gasteiger partial charge in [0, 0.05) is 21.9 Å². The summed E-state index contributed by atoms with van der Waals surface area (Å²) in [5, 5.41) is 2.07. The zero-order valence-corrected chi connectivity index (χ0v) is 26.5. The lowest BCUT2D eigenvalue weighted by Crippen LogP contribution is -2.00. The molecule has 0 N–H and O–H groups in total. The number of nitrogens with zero attached hydrogens (tertiary/aromatic N) is 3. The normalized spacial score (nSPS) is 11.3. The van der Waals surface area contributed by atoms with Crippen molar-refractivity contribution in [3.05, 3.63) is 176 Å². The average molecular weight is 628 g/mol. The Bertz CT molecular complexity index is 2500. The fourth-order valence-corrected chi connectivity index (χ4v) is 6.42. The van der Waals surface area contributed by atoms with Crippen molar-refractivity contribution in [2.75, 3.05) is 0 Å². The second-order valence-electron chi connectivity index (χ2n) is 12.1. The molecular weight excluding hydrogens is 599 g/mol. The Morgan fingerprint density at radius 1 is 0.306 bits per heavy atom. The molecule has 0 bridgehead atoms. The first-order chi connectivity index (χ1) is 24.3. The Kier molecular flexibility index (Phi) is 7.10. The van der Waals surface area contributed by atoms with E-state index < -0.39 is 0 Å². The molecule has 0 amide bonds. The van der Waals surface area contributed by atoms with E-state index in [1.54, 1.807) is 0 Å². The molecule has 7 aromatic carbocycles. The Morgan fingerprint density at radius 3 is 1.27 bits per heavy atom. The van der Waals surface area contributed by atoms with Gasteiger partial charge in [0.15, 0.2) is 17.5 Å². The molecule has 0 unspecified atom stereocenters. The van der Waals surface area contributed by atoms with Gasteiger partial charge in [-0.05, 0) is 51.6 Å². The molecule has 0 saturated carbocycles. The fraction of sp³-hybridized carbons (Fsp3) is 0. The highest BCUT2D eigenvalue weighted by Crippen LogP contribution is 2.38. The Morgan fingerprint density at radius 2 is 0.735 bits per heavy atom. The third-order valence-electron chi connectivity index (χ3n) is 8.98. The van der Waals surface area contributed by atoms with E-state index in [0.717, 1.165) is 49.8 Å². The number of benzene rings is 7. The fourth-order valence-electron chi connectivity index (χ4n) is 6.42. The lowest BCUT2D eigenvalue weighted by Gasteiger charge is -2.08. The maximum atomic E-state index is 6.54. The van der Waals surface area contributed by atoms with Gasteiger partial charge in [0.2, 0.25) is 0 Å². The summed E-state index contributed by atoms with van der Waals surface area (Å²) in [7, 11) is 0. The number of aromatic nitrogens is 3. The number of hydrogen-bond donors (Lipinski definition) is 0. The van der Waals surface area contributed by atoms with Crippen molar-refractivity contribution in [3.8, 4) is 67.5 Å². The quantitative estimate of drug-likeness (QED) is 0.184. The van der Waals surface area contributed by atoms with Crippen molar-refractivity contribution < 1.29 is 4.42 Å². The summed E-state index contributed by atoms with van der Waals surface area (Å²) in [6.45, 7) is 0. The van der Waals surface area contributed by atoms with Crippen molar-refractivity contribution in [2.24, 2.45) is 0 Å². The summed E-state index contributed by atoms with van der Waals surface area (Å²) in [4.78, 5) is 14.8. The summed E-state index contributed by atoms with van der Waals surface area (Å²) in [5.74, 6) is 1.82. The van der Waals surface area contributed by atoms with Gasteiger partial charge in [-0.2, -0.15) is 0 Å². The van der Waals surface area contributed by atoms with Crippen LogP contribution in [0, 0.1) is 0 Å². The minimum Gasteiger partial charge on any atom is -0.455 e. The molecule has 4 heteroatoms. The second-order valence-corrected chi connectivity index (χ2v) is 12.1. The van der Waals surface area contributed by atoms with Gasteiger partial charge in [0.25, 0.3) is 0 Å². The molecule has 9 rings (SSSR count). The molecule has 0 spiro atoms. The summed E-state index contributed by atoms with van der Waals surface area (Å²) >= 11 is 0. The highest BCUT2D eigenvalue weighted by Gasteiger charge is 2.18. The van der Waals surface area contributed by atoms with Gasteiger partial charge in [-0.25, -0.2) is 15.0 Å². The van der Waals surface area contributed by atoms with E-state index in [2.05, 4.69) is 97.1 Å². The summed E-state index contributed by atoms with van der Waals surface area (Å²) in [6.07, 6.45) is 0. The first kappa shape index (κ1) is 28.6. The van der Waals surface area contributed by atoms with Crippen molar-refractivity contribution in [1.29, 1.82) is 0 Å². The van der Waals surface area contributed by atoms with Crippen molar-refractivity contribution >= 4 is 21.9 Å². The molecule has 9 aromatic rings. The van der Waals surface area contributed by atoms with Gasteiger partial charge in [-0.15, -0.1) is 0 Å². The molecule has 0 atom stereocenters. The van der Waals surface area contributed by atoms with Crippen LogP contribution in [0.2, 0.25) is 0 Å². The maximum Gasteiger partial charge on any atom is 0.167 e. The van der Waals surface area contributed by atoms with E-state index in [9.17, 15) is 0 Å². The summed E-state index contributed by atoms with van der Waals surface area (Å²) in [5.41, 5.74) is 11.4. The first-order valence-electron chi connectivity index (χ1n) is 16.4. The van der Waals surface area contributed by atoms with Crippen molar-refractivity contribution in [3.63, 3.8) is 0 Å². The molecule has 2 heterocycles. The highest BCUT2D eigenvalue weighted by atomic mass is 16.3. The zero-order valence-electron chi connectivity index (χ0n) is 26.5. The van der Waals surface area contributed by atoms with Gasteiger partial charge >= 0.3 is 0 Å². The third kappa shape index (κ3) is 5.45. The molecule has 4 nitrogen and oxygen atoms in total. The van der Waals surface area contributed by atoms with Crippen molar-refractivity contribution in [2.45, 2.75) is 0 Å². The molecule has 230 valence electrons. The molecule has 0 aliphatic rings. The van der Waals surface area contributed by atoms with Gasteiger partial charge in [0.1, 0.15) is 11.2 Å². The topological polar surface area (TPSA) is 51.8 Å². The first-order valence-corrected chi connectivity index (χ1v) is 16.4. The molecule has 0 radical (unpaired) electrons. The maximum absolute atomic E-state index is 6.54. The lowest BCUT2D eigenvalue weighted by molar-refractivity contribution is 0.669. The number of rotatable bonds is 6. The summed E-state index contributed by atoms with van der Waals surface area (Å²) < 4.78 is 6.54. The van der Waals surface area contributed by atoms with Crippen LogP contribution < -0.4 is 0 Å². The van der Waals surface area contributed by atoms with E-state index in [1.165, 1.54) is 22.3 Å². The van der Waals surface area contributed by atoms with Crippen LogP contribution in [0.5, 0.6) is 0 Å². The van der Waals surface area contributed by atoms with Crippen LogP contribution in [-0.2, 0) is 0 Å². The molecular formula is C45H29N3O. The zero-order chi connectivity index (χ0) is 32.6. The molecule has 0 fully saturated rings.